The number of carbonyl (C=O) groups is 3. The van der Waals surface area contributed by atoms with Crippen LogP contribution in [-0.4, -0.2) is 71.3 Å². The van der Waals surface area contributed by atoms with E-state index >= 15 is 0 Å². The summed E-state index contributed by atoms with van der Waals surface area (Å²) in [6.45, 7) is 13.3. The van der Waals surface area contributed by atoms with Crippen molar-refractivity contribution in [2.75, 3.05) is 31.2 Å². The number of fused-ring (bicyclic) bond motifs is 1. The molecule has 200 valence electrons. The summed E-state index contributed by atoms with van der Waals surface area (Å²) in [6, 6.07) is 4.38. The average molecular weight is 531 g/mol. The Bertz CT molecular complexity index is 1100. The standard InChI is InChI=1S/C28H35ClN2O6/c1-6-12-30(22-17(3)10-8-11-19(22)29)25(34)23-28-16-18(4)27(5,37-28)21(26(35)36-15-7-2)20(28)24(33)31(23)13-9-14-32/h6-8,10-11,18,20-21,23,32H,1-2,9,12-16H2,3-5H3/t18?,20-,21+,23?,27-,28?/m0/s1. The molecule has 1 aromatic rings. The number of anilines is 1. The highest BCUT2D eigenvalue weighted by Crippen LogP contribution is 2.65. The molecule has 3 aliphatic rings. The van der Waals surface area contributed by atoms with Gasteiger partial charge in [-0.25, -0.2) is 0 Å². The molecule has 37 heavy (non-hydrogen) atoms. The van der Waals surface area contributed by atoms with Crippen molar-refractivity contribution >= 4 is 35.1 Å². The highest BCUT2D eigenvalue weighted by atomic mass is 35.5. The van der Waals surface area contributed by atoms with Gasteiger partial charge in [0.1, 0.15) is 24.2 Å². The number of ether oxygens (including phenoxy) is 2. The molecule has 1 N–H and O–H groups in total. The van der Waals surface area contributed by atoms with Gasteiger partial charge in [0.25, 0.3) is 5.91 Å². The van der Waals surface area contributed by atoms with Gasteiger partial charge in [0.2, 0.25) is 5.91 Å². The molecule has 4 rings (SSSR count). The van der Waals surface area contributed by atoms with Gasteiger partial charge in [-0.3, -0.25) is 14.4 Å². The molecule has 1 aromatic carbocycles. The van der Waals surface area contributed by atoms with E-state index in [2.05, 4.69) is 13.2 Å². The molecule has 3 heterocycles. The first kappa shape index (κ1) is 27.4. The molecule has 9 heteroatoms. The summed E-state index contributed by atoms with van der Waals surface area (Å²) >= 11 is 6.56. The minimum atomic E-state index is -1.22. The number of esters is 1. The van der Waals surface area contributed by atoms with E-state index in [0.29, 0.717) is 17.1 Å². The maximum Gasteiger partial charge on any atom is 0.313 e. The third kappa shape index (κ3) is 4.10. The Balaban J connectivity index is 1.84. The summed E-state index contributed by atoms with van der Waals surface area (Å²) in [5.74, 6) is -3.08. The molecule has 3 aliphatic heterocycles. The second kappa shape index (κ2) is 10.2. The smallest absolute Gasteiger partial charge is 0.313 e. The van der Waals surface area contributed by atoms with Crippen LogP contribution in [0, 0.1) is 24.7 Å². The molecule has 2 amide bonds. The quantitative estimate of drug-likeness (QED) is 0.368. The molecule has 6 atom stereocenters. The lowest BCUT2D eigenvalue weighted by Gasteiger charge is -2.37. The van der Waals surface area contributed by atoms with Crippen molar-refractivity contribution < 1.29 is 29.0 Å². The Morgan fingerprint density at radius 2 is 2.08 bits per heavy atom. The highest BCUT2D eigenvalue weighted by Gasteiger charge is 2.80. The van der Waals surface area contributed by atoms with Crippen molar-refractivity contribution in [2.45, 2.75) is 50.9 Å². The predicted molar refractivity (Wildman–Crippen MR) is 140 cm³/mol. The number of aliphatic hydroxyl groups excluding tert-OH is 1. The van der Waals surface area contributed by atoms with Gasteiger partial charge in [0.15, 0.2) is 0 Å². The van der Waals surface area contributed by atoms with Crippen LogP contribution in [0.15, 0.2) is 43.5 Å². The van der Waals surface area contributed by atoms with Crippen molar-refractivity contribution in [3.63, 3.8) is 0 Å². The zero-order chi connectivity index (χ0) is 27.1. The predicted octanol–water partition coefficient (Wildman–Crippen LogP) is 3.29. The summed E-state index contributed by atoms with van der Waals surface area (Å²) in [5.41, 5.74) is -0.850. The van der Waals surface area contributed by atoms with E-state index in [9.17, 15) is 19.5 Å². The van der Waals surface area contributed by atoms with Crippen molar-refractivity contribution in [3.8, 4) is 0 Å². The average Bonchev–Trinajstić information content (AvgIpc) is 3.36. The van der Waals surface area contributed by atoms with Gasteiger partial charge in [0, 0.05) is 19.7 Å². The zero-order valence-electron chi connectivity index (χ0n) is 21.6. The molecule has 1 spiro atoms. The zero-order valence-corrected chi connectivity index (χ0v) is 22.4. The van der Waals surface area contributed by atoms with Gasteiger partial charge < -0.3 is 24.4 Å². The second-order valence-corrected chi connectivity index (χ2v) is 10.8. The fraction of sp³-hybridized carbons (Fsp3) is 0.536. The molecule has 3 fully saturated rings. The van der Waals surface area contributed by atoms with Crippen molar-refractivity contribution in [1.29, 1.82) is 0 Å². The summed E-state index contributed by atoms with van der Waals surface area (Å²) in [6.07, 6.45) is 3.80. The Labute approximate surface area is 222 Å². The number of aryl methyl sites for hydroxylation is 1. The van der Waals surface area contributed by atoms with Crippen LogP contribution in [0.2, 0.25) is 5.02 Å². The van der Waals surface area contributed by atoms with Crippen LogP contribution in [0.25, 0.3) is 0 Å². The normalized spacial score (nSPS) is 31.8. The summed E-state index contributed by atoms with van der Waals surface area (Å²) < 4.78 is 12.1. The number of carbonyl (C=O) groups excluding carboxylic acids is 3. The lowest BCUT2D eigenvalue weighted by atomic mass is 9.62. The number of para-hydroxylation sites is 1. The summed E-state index contributed by atoms with van der Waals surface area (Å²) in [4.78, 5) is 44.8. The van der Waals surface area contributed by atoms with E-state index in [1.807, 2.05) is 32.9 Å². The monoisotopic (exact) mass is 530 g/mol. The fourth-order valence-corrected chi connectivity index (χ4v) is 6.95. The van der Waals surface area contributed by atoms with Crippen LogP contribution in [0.4, 0.5) is 5.69 Å². The van der Waals surface area contributed by atoms with Crippen molar-refractivity contribution in [3.05, 3.63) is 54.1 Å². The van der Waals surface area contributed by atoms with Crippen molar-refractivity contribution in [1.82, 2.24) is 4.90 Å². The summed E-state index contributed by atoms with van der Waals surface area (Å²) in [5, 5.41) is 9.96. The maximum absolute atomic E-state index is 14.5. The van der Waals surface area contributed by atoms with Crippen LogP contribution in [0.1, 0.15) is 32.3 Å². The van der Waals surface area contributed by atoms with Gasteiger partial charge >= 0.3 is 5.97 Å². The first-order valence-electron chi connectivity index (χ1n) is 12.7. The first-order valence-corrected chi connectivity index (χ1v) is 13.0. The van der Waals surface area contributed by atoms with E-state index in [1.165, 1.54) is 11.0 Å². The van der Waals surface area contributed by atoms with E-state index < -0.39 is 35.0 Å². The third-order valence-corrected chi connectivity index (χ3v) is 8.54. The maximum atomic E-state index is 14.5. The minimum Gasteiger partial charge on any atom is -0.461 e. The van der Waals surface area contributed by atoms with Crippen LogP contribution in [0.3, 0.4) is 0 Å². The Hall–Kier alpha value is -2.68. The Morgan fingerprint density at radius 1 is 1.35 bits per heavy atom. The van der Waals surface area contributed by atoms with Gasteiger partial charge in [-0.1, -0.05) is 49.4 Å². The van der Waals surface area contributed by atoms with Crippen LogP contribution < -0.4 is 4.90 Å². The third-order valence-electron chi connectivity index (χ3n) is 8.24. The molecular weight excluding hydrogens is 496 g/mol. The molecule has 0 saturated carbocycles. The Kier molecular flexibility index (Phi) is 7.57. The summed E-state index contributed by atoms with van der Waals surface area (Å²) in [7, 11) is 0. The number of hydrogen-bond acceptors (Lipinski definition) is 6. The molecule has 2 bridgehead atoms. The fourth-order valence-electron chi connectivity index (χ4n) is 6.62. The molecule has 8 nitrogen and oxygen atoms in total. The number of amides is 2. The molecule has 3 unspecified atom stereocenters. The molecule has 0 aromatic heterocycles. The molecule has 0 aliphatic carbocycles. The van der Waals surface area contributed by atoms with Gasteiger partial charge in [0.05, 0.1) is 22.2 Å². The number of benzene rings is 1. The number of hydrogen-bond donors (Lipinski definition) is 1. The molecule has 0 radical (unpaired) electrons. The lowest BCUT2D eigenvalue weighted by molar-refractivity contribution is -0.160. The van der Waals surface area contributed by atoms with E-state index in [4.69, 9.17) is 21.1 Å². The first-order chi connectivity index (χ1) is 17.6. The number of nitrogens with zero attached hydrogens (tertiary/aromatic N) is 2. The number of likely N-dealkylation sites (tertiary alicyclic amines) is 1. The van der Waals surface area contributed by atoms with Gasteiger partial charge in [-0.2, -0.15) is 0 Å². The van der Waals surface area contributed by atoms with Gasteiger partial charge in [-0.15, -0.1) is 6.58 Å². The van der Waals surface area contributed by atoms with Gasteiger partial charge in [-0.05, 0) is 44.2 Å². The van der Waals surface area contributed by atoms with E-state index in [-0.39, 0.29) is 50.5 Å². The van der Waals surface area contributed by atoms with Crippen LogP contribution in [-0.2, 0) is 23.9 Å². The van der Waals surface area contributed by atoms with Crippen LogP contribution >= 0.6 is 11.6 Å². The topological polar surface area (TPSA) is 96.4 Å². The molecular formula is C28H35ClN2O6. The molecule has 3 saturated heterocycles. The largest absolute Gasteiger partial charge is 0.461 e. The van der Waals surface area contributed by atoms with E-state index in [0.717, 1.165) is 5.56 Å². The van der Waals surface area contributed by atoms with Crippen LogP contribution in [0.5, 0.6) is 0 Å². The lowest BCUT2D eigenvalue weighted by Crippen LogP contribution is -2.57. The van der Waals surface area contributed by atoms with Crippen molar-refractivity contribution in [2.24, 2.45) is 17.8 Å². The Morgan fingerprint density at radius 3 is 2.70 bits per heavy atom. The number of aliphatic hydroxyl groups is 1. The number of halogens is 1. The highest BCUT2D eigenvalue weighted by molar-refractivity contribution is 6.34. The second-order valence-electron chi connectivity index (χ2n) is 10.4. The number of rotatable bonds is 10. The SMILES string of the molecule is C=CCOC(=O)[C@H]1[C@H]2C(=O)N(CCCO)C(C(=O)N(CC=C)c3c(C)cccc3Cl)C23CC(C)[C@]1(C)O3. The van der Waals surface area contributed by atoms with E-state index in [1.54, 1.807) is 17.0 Å². The minimum absolute atomic E-state index is 0.0170.